The maximum absolute atomic E-state index is 2.40. The quantitative estimate of drug-likeness (QED) is 0.121. The van der Waals surface area contributed by atoms with Crippen molar-refractivity contribution in [2.45, 2.75) is 26.2 Å². The van der Waals surface area contributed by atoms with Crippen LogP contribution in [0.1, 0.15) is 26.3 Å². The maximum atomic E-state index is 2.40. The van der Waals surface area contributed by atoms with E-state index in [0.29, 0.717) is 0 Å². The predicted molar refractivity (Wildman–Crippen MR) is 454 cm³/mol. The summed E-state index contributed by atoms with van der Waals surface area (Å²) in [6, 6.07) is 144. The van der Waals surface area contributed by atoms with Gasteiger partial charge in [0.1, 0.15) is 0 Å². The molecule has 0 spiro atoms. The molecule has 20 rings (SSSR count). The number of benzene rings is 18. The van der Waals surface area contributed by atoms with Crippen LogP contribution in [0.3, 0.4) is 0 Å². The van der Waals surface area contributed by atoms with Crippen LogP contribution in [0.4, 0.5) is 0 Å². The Balaban J connectivity index is 0.000000147. The fraction of sp³-hybridized carbons (Fsp3) is 0.0385. The molecule has 2 heteroatoms. The van der Waals surface area contributed by atoms with Gasteiger partial charge in [-0.3, -0.25) is 0 Å². The molecule has 2 nitrogen and oxygen atoms in total. The summed E-state index contributed by atoms with van der Waals surface area (Å²) in [7, 11) is 0. The van der Waals surface area contributed by atoms with Gasteiger partial charge in [-0.25, -0.2) is 0 Å². The van der Waals surface area contributed by atoms with Gasteiger partial charge in [0.15, 0.2) is 0 Å². The van der Waals surface area contributed by atoms with Crippen LogP contribution in [-0.2, 0) is 5.41 Å². The molecule has 2 aromatic heterocycles. The van der Waals surface area contributed by atoms with Crippen LogP contribution in [-0.4, -0.2) is 9.13 Å². The summed E-state index contributed by atoms with van der Waals surface area (Å²) in [6.07, 6.45) is 0. The van der Waals surface area contributed by atoms with Gasteiger partial charge in [-0.15, -0.1) is 0 Å². The van der Waals surface area contributed by atoms with E-state index in [-0.39, 0.29) is 5.41 Å². The number of hydrogen-bond acceptors (Lipinski definition) is 0. The summed E-state index contributed by atoms with van der Waals surface area (Å²) in [5, 5.41) is 15.2. The van der Waals surface area contributed by atoms with E-state index in [1.807, 2.05) is 0 Å². The Labute approximate surface area is 618 Å². The van der Waals surface area contributed by atoms with Gasteiger partial charge >= 0.3 is 0 Å². The molecule has 0 saturated carbocycles. The van der Waals surface area contributed by atoms with Gasteiger partial charge < -0.3 is 9.13 Å². The smallest absolute Gasteiger partial charge is 0.0541 e. The molecule has 2 heterocycles. The summed E-state index contributed by atoms with van der Waals surface area (Å²) in [5.74, 6) is 0. The van der Waals surface area contributed by atoms with E-state index in [9.17, 15) is 0 Å². The second-order valence-electron chi connectivity index (χ2n) is 29.0. The largest absolute Gasteiger partial charge is 0.309 e. The Morgan fingerprint density at radius 2 is 0.377 bits per heavy atom. The van der Waals surface area contributed by atoms with Crippen LogP contribution >= 0.6 is 0 Å². The lowest BCUT2D eigenvalue weighted by Crippen LogP contribution is -2.10. The van der Waals surface area contributed by atoms with Crippen LogP contribution in [0.5, 0.6) is 0 Å². The zero-order valence-corrected chi connectivity index (χ0v) is 59.4. The fourth-order valence-electron chi connectivity index (χ4n) is 16.6. The summed E-state index contributed by atoms with van der Waals surface area (Å²) in [6.45, 7) is 6.87. The van der Waals surface area contributed by atoms with Crippen molar-refractivity contribution in [2.24, 2.45) is 0 Å². The summed E-state index contributed by atoms with van der Waals surface area (Å²) in [5.41, 5.74) is 28.5. The van der Waals surface area contributed by atoms with Gasteiger partial charge in [0.2, 0.25) is 0 Å². The molecule has 0 fully saturated rings. The molecule has 0 atom stereocenters. The standard InChI is InChI=1S/C56H37N.C48H37N/c1-3-13-38(14-4-1)39-23-25-40(26-24-39)41-27-31-43(32-28-41)55-48-18-7-9-20-50(48)56(51-21-10-8-19-49(51)55)44-33-29-42(30-34-44)45-35-36-54-52(37-45)47-17-11-12-22-53(47)57(54)46-15-5-2-6-16-46;1-48(2,3)36-27-29-45-43(31-36)42-30-35(26-28-44(42)49(45)37-16-8-5-9-17-37)32-22-24-34(25-23-32)47-40-20-12-10-18-38(40)46(33-14-6-4-7-15-33)39-19-11-13-21-41(39)47/h1-37H;4-31H,1-3H3. The fourth-order valence-corrected chi connectivity index (χ4v) is 16.6. The Morgan fingerprint density at radius 3 is 0.717 bits per heavy atom. The topological polar surface area (TPSA) is 9.86 Å². The average Bonchev–Trinajstić information content (AvgIpc) is 1.27. The number of rotatable bonds is 10. The zero-order valence-electron chi connectivity index (χ0n) is 59.4. The molecule has 18 aromatic carbocycles. The number of fused-ring (bicyclic) bond motifs is 10. The molecule has 0 saturated heterocycles. The van der Waals surface area contributed by atoms with Gasteiger partial charge in [-0.1, -0.05) is 348 Å². The van der Waals surface area contributed by atoms with Gasteiger partial charge in [-0.05, 0) is 210 Å². The molecule has 0 unspecified atom stereocenters. The van der Waals surface area contributed by atoms with Crippen LogP contribution < -0.4 is 0 Å². The van der Waals surface area contributed by atoms with Gasteiger partial charge in [0, 0.05) is 32.9 Å². The van der Waals surface area contributed by atoms with Crippen LogP contribution in [0.25, 0.3) is 187 Å². The molecule has 0 radical (unpaired) electrons. The lowest BCUT2D eigenvalue weighted by molar-refractivity contribution is 0.591. The summed E-state index contributed by atoms with van der Waals surface area (Å²) < 4.78 is 4.77. The Kier molecular flexibility index (Phi) is 15.8. The third kappa shape index (κ3) is 11.2. The van der Waals surface area contributed by atoms with Crippen LogP contribution in [0.15, 0.2) is 394 Å². The van der Waals surface area contributed by atoms with E-state index in [0.717, 1.165) is 0 Å². The first kappa shape index (κ1) is 63.5. The normalized spacial score (nSPS) is 11.7. The highest BCUT2D eigenvalue weighted by molar-refractivity contribution is 6.23. The van der Waals surface area contributed by atoms with Crippen molar-refractivity contribution in [3.8, 4) is 100 Å². The van der Waals surface area contributed by atoms with E-state index in [1.165, 1.54) is 193 Å². The molecule has 20 aromatic rings. The molecule has 106 heavy (non-hydrogen) atoms. The summed E-state index contributed by atoms with van der Waals surface area (Å²) >= 11 is 0. The van der Waals surface area contributed by atoms with Crippen molar-refractivity contribution >= 4 is 86.7 Å². The molecular formula is C104H74N2. The number of aromatic nitrogens is 2. The van der Waals surface area contributed by atoms with Crippen LogP contribution in [0, 0.1) is 0 Å². The molecule has 0 aliphatic carbocycles. The Bertz CT molecular complexity index is 6590. The highest BCUT2D eigenvalue weighted by atomic mass is 15.0. The number of nitrogens with zero attached hydrogens (tertiary/aromatic N) is 2. The van der Waals surface area contributed by atoms with E-state index in [4.69, 9.17) is 0 Å². The van der Waals surface area contributed by atoms with Crippen molar-refractivity contribution in [1.29, 1.82) is 0 Å². The first-order valence-electron chi connectivity index (χ1n) is 36.9. The van der Waals surface area contributed by atoms with Crippen molar-refractivity contribution in [3.63, 3.8) is 0 Å². The number of hydrogen-bond donors (Lipinski definition) is 0. The van der Waals surface area contributed by atoms with Crippen molar-refractivity contribution in [2.75, 3.05) is 0 Å². The molecular weight excluding hydrogens is 1280 g/mol. The lowest BCUT2D eigenvalue weighted by atomic mass is 9.85. The maximum Gasteiger partial charge on any atom is 0.0541 e. The Morgan fingerprint density at radius 1 is 0.160 bits per heavy atom. The molecule has 0 aliphatic heterocycles. The average molecular weight is 1350 g/mol. The first-order valence-corrected chi connectivity index (χ1v) is 36.9. The highest BCUT2D eigenvalue weighted by Crippen LogP contribution is 2.48. The second kappa shape index (κ2) is 26.5. The van der Waals surface area contributed by atoms with Gasteiger partial charge in [0.25, 0.3) is 0 Å². The third-order valence-electron chi connectivity index (χ3n) is 21.8. The van der Waals surface area contributed by atoms with Gasteiger partial charge in [0.05, 0.1) is 22.1 Å². The molecule has 0 N–H and O–H groups in total. The SMILES string of the molecule is CC(C)(C)c1ccc2c(c1)c1cc(-c3ccc(-c4c5ccccc5c(-c5ccccc5)c5ccccc45)cc3)ccc1n2-c1ccccc1.c1ccc(-c2ccc(-c3ccc(-c4c5ccccc5c(-c5ccc(-c6ccc7c(c6)c6ccccc6n7-c6ccccc6)cc5)c5ccccc45)cc3)cc2)cc1. The van der Waals surface area contributed by atoms with E-state index in [1.54, 1.807) is 0 Å². The summed E-state index contributed by atoms with van der Waals surface area (Å²) in [4.78, 5) is 0. The monoisotopic (exact) mass is 1350 g/mol. The van der Waals surface area contributed by atoms with Crippen molar-refractivity contribution in [1.82, 2.24) is 9.13 Å². The minimum absolute atomic E-state index is 0.0659. The lowest BCUT2D eigenvalue weighted by Gasteiger charge is -2.19. The van der Waals surface area contributed by atoms with E-state index in [2.05, 4.69) is 424 Å². The predicted octanol–water partition coefficient (Wildman–Crippen LogP) is 28.8. The minimum Gasteiger partial charge on any atom is -0.309 e. The van der Waals surface area contributed by atoms with E-state index >= 15 is 0 Å². The Hall–Kier alpha value is -13.4. The van der Waals surface area contributed by atoms with E-state index < -0.39 is 0 Å². The molecule has 0 amide bonds. The zero-order chi connectivity index (χ0) is 70.8. The highest BCUT2D eigenvalue weighted by Gasteiger charge is 2.23. The van der Waals surface area contributed by atoms with Crippen LogP contribution in [0.2, 0.25) is 0 Å². The minimum atomic E-state index is 0.0659. The second-order valence-corrected chi connectivity index (χ2v) is 29.0. The molecule has 500 valence electrons. The molecule has 0 aliphatic rings. The molecule has 0 bridgehead atoms. The number of para-hydroxylation sites is 3. The van der Waals surface area contributed by atoms with Crippen molar-refractivity contribution in [3.05, 3.63) is 400 Å². The van der Waals surface area contributed by atoms with Gasteiger partial charge in [-0.2, -0.15) is 0 Å². The first-order chi connectivity index (χ1) is 52.2. The third-order valence-corrected chi connectivity index (χ3v) is 21.8. The van der Waals surface area contributed by atoms with Crippen molar-refractivity contribution < 1.29 is 0 Å².